The Morgan fingerprint density at radius 3 is 2.42 bits per heavy atom. The van der Waals surface area contributed by atoms with Gasteiger partial charge in [0.1, 0.15) is 0 Å². The Morgan fingerprint density at radius 2 is 1.82 bits per heavy atom. The fourth-order valence-electron chi connectivity index (χ4n) is 4.12. The van der Waals surface area contributed by atoms with E-state index in [1.54, 1.807) is 43.3 Å². The average Bonchev–Trinajstić information content (AvgIpc) is 2.78. The second kappa shape index (κ2) is 10.7. The molecular weight excluding hydrogens is 464 g/mol. The van der Waals surface area contributed by atoms with Crippen LogP contribution in [0.1, 0.15) is 42.0 Å². The first kappa shape index (κ1) is 25.2. The highest BCUT2D eigenvalue weighted by Crippen LogP contribution is 2.29. The lowest BCUT2D eigenvalue weighted by molar-refractivity contribution is -0.141. The number of hydrogen-bond donors (Lipinski definition) is 1. The first-order valence-corrected chi connectivity index (χ1v) is 12.6. The van der Waals surface area contributed by atoms with Gasteiger partial charge in [0.15, 0.2) is 0 Å². The molecule has 0 aliphatic carbocycles. The number of carbonyl (C=O) groups is 2. The van der Waals surface area contributed by atoms with Gasteiger partial charge >= 0.3 is 5.97 Å². The maximum absolute atomic E-state index is 13.1. The topological polar surface area (TPSA) is 92.8 Å². The van der Waals surface area contributed by atoms with E-state index in [9.17, 15) is 18.0 Å². The van der Waals surface area contributed by atoms with Crippen LogP contribution in [0, 0.1) is 19.8 Å². The molecule has 0 aromatic heterocycles. The molecule has 0 saturated carbocycles. The zero-order valence-electron chi connectivity index (χ0n) is 19.0. The SMILES string of the molecule is COC(=O)CC(NC(=O)C1CCN(S(=O)(=O)c2ccc(C)cc2C)CC1)c1ccccc1Cl. The number of benzene rings is 2. The van der Waals surface area contributed by atoms with Gasteiger partial charge in [0.05, 0.1) is 24.5 Å². The van der Waals surface area contributed by atoms with Gasteiger partial charge in [0.2, 0.25) is 15.9 Å². The molecule has 33 heavy (non-hydrogen) atoms. The molecule has 1 N–H and O–H groups in total. The molecule has 1 aliphatic heterocycles. The van der Waals surface area contributed by atoms with Gasteiger partial charge in [0.25, 0.3) is 0 Å². The summed E-state index contributed by atoms with van der Waals surface area (Å²) in [6.45, 7) is 4.21. The summed E-state index contributed by atoms with van der Waals surface area (Å²) >= 11 is 6.29. The highest BCUT2D eigenvalue weighted by atomic mass is 35.5. The van der Waals surface area contributed by atoms with E-state index in [0.29, 0.717) is 33.9 Å². The van der Waals surface area contributed by atoms with Gasteiger partial charge in [-0.1, -0.05) is 47.5 Å². The number of esters is 1. The molecule has 0 radical (unpaired) electrons. The molecule has 2 aromatic rings. The molecule has 3 rings (SSSR count). The summed E-state index contributed by atoms with van der Waals surface area (Å²) in [5.74, 6) is -1.06. The fraction of sp³-hybridized carbons (Fsp3) is 0.417. The first-order chi connectivity index (χ1) is 15.6. The number of halogens is 1. The Labute approximate surface area is 200 Å². The van der Waals surface area contributed by atoms with Gasteiger partial charge in [-0.3, -0.25) is 9.59 Å². The van der Waals surface area contributed by atoms with E-state index in [1.807, 2.05) is 13.0 Å². The van der Waals surface area contributed by atoms with Crippen molar-refractivity contribution in [3.63, 3.8) is 0 Å². The number of aryl methyl sites for hydroxylation is 2. The van der Waals surface area contributed by atoms with Crippen molar-refractivity contribution in [1.29, 1.82) is 0 Å². The number of ether oxygens (including phenoxy) is 1. The summed E-state index contributed by atoms with van der Waals surface area (Å²) in [6.07, 6.45) is 0.735. The van der Waals surface area contributed by atoms with Crippen LogP contribution >= 0.6 is 11.6 Å². The van der Waals surface area contributed by atoms with Gasteiger partial charge in [-0.2, -0.15) is 4.31 Å². The van der Waals surface area contributed by atoms with E-state index in [0.717, 1.165) is 5.56 Å². The Morgan fingerprint density at radius 1 is 1.15 bits per heavy atom. The van der Waals surface area contributed by atoms with Crippen LogP contribution in [0.3, 0.4) is 0 Å². The van der Waals surface area contributed by atoms with Crippen molar-refractivity contribution < 1.29 is 22.7 Å². The third-order valence-corrected chi connectivity index (χ3v) is 8.37. The van der Waals surface area contributed by atoms with E-state index in [2.05, 4.69) is 5.32 Å². The molecule has 178 valence electrons. The fourth-order valence-corrected chi connectivity index (χ4v) is 6.07. The van der Waals surface area contributed by atoms with Gasteiger partial charge in [-0.25, -0.2) is 8.42 Å². The molecule has 1 heterocycles. The number of amides is 1. The predicted molar refractivity (Wildman–Crippen MR) is 126 cm³/mol. The van der Waals surface area contributed by atoms with Crippen molar-refractivity contribution in [1.82, 2.24) is 9.62 Å². The number of carbonyl (C=O) groups excluding carboxylic acids is 2. The number of nitrogens with zero attached hydrogens (tertiary/aromatic N) is 1. The molecular formula is C24H29ClN2O5S. The maximum atomic E-state index is 13.1. The third-order valence-electron chi connectivity index (χ3n) is 5.97. The minimum atomic E-state index is -3.63. The maximum Gasteiger partial charge on any atom is 0.307 e. The van der Waals surface area contributed by atoms with Gasteiger partial charge in [-0.05, 0) is 49.9 Å². The van der Waals surface area contributed by atoms with Crippen molar-refractivity contribution in [2.45, 2.75) is 44.0 Å². The van der Waals surface area contributed by atoms with Crippen LogP contribution in [0.2, 0.25) is 5.02 Å². The van der Waals surface area contributed by atoms with E-state index in [-0.39, 0.29) is 31.3 Å². The van der Waals surface area contributed by atoms with Crippen LogP contribution in [0.5, 0.6) is 0 Å². The normalized spacial score (nSPS) is 16.2. The van der Waals surface area contributed by atoms with Crippen LogP contribution in [0.25, 0.3) is 0 Å². The van der Waals surface area contributed by atoms with Crippen molar-refractivity contribution in [3.8, 4) is 0 Å². The Bertz CT molecular complexity index is 1130. The zero-order valence-corrected chi connectivity index (χ0v) is 20.6. The summed E-state index contributed by atoms with van der Waals surface area (Å²) in [4.78, 5) is 25.2. The van der Waals surface area contributed by atoms with E-state index in [4.69, 9.17) is 16.3 Å². The van der Waals surface area contributed by atoms with Gasteiger partial charge in [0, 0.05) is 24.0 Å². The van der Waals surface area contributed by atoms with Crippen molar-refractivity contribution in [3.05, 3.63) is 64.2 Å². The lowest BCUT2D eigenvalue weighted by atomic mass is 9.95. The third kappa shape index (κ3) is 5.93. The Hall–Kier alpha value is -2.42. The molecule has 2 aromatic carbocycles. The molecule has 1 aliphatic rings. The van der Waals surface area contributed by atoms with Crippen molar-refractivity contribution >= 4 is 33.5 Å². The summed E-state index contributed by atoms with van der Waals surface area (Å²) in [5.41, 5.74) is 2.34. The second-order valence-corrected chi connectivity index (χ2v) is 10.6. The summed E-state index contributed by atoms with van der Waals surface area (Å²) < 4.78 is 32.4. The molecule has 9 heteroatoms. The number of hydrogen-bond acceptors (Lipinski definition) is 5. The van der Waals surface area contributed by atoms with E-state index >= 15 is 0 Å². The van der Waals surface area contributed by atoms with E-state index < -0.39 is 22.0 Å². The number of sulfonamides is 1. The number of nitrogens with one attached hydrogen (secondary N) is 1. The van der Waals surface area contributed by atoms with Gasteiger partial charge in [-0.15, -0.1) is 0 Å². The molecule has 1 saturated heterocycles. The molecule has 1 amide bonds. The van der Waals surface area contributed by atoms with Crippen molar-refractivity contribution in [2.24, 2.45) is 5.92 Å². The summed E-state index contributed by atoms with van der Waals surface area (Å²) in [5, 5.41) is 3.36. The Balaban J connectivity index is 1.68. The second-order valence-electron chi connectivity index (χ2n) is 8.31. The zero-order chi connectivity index (χ0) is 24.2. The summed E-state index contributed by atoms with van der Waals surface area (Å²) in [7, 11) is -2.34. The Kier molecular flexibility index (Phi) is 8.15. The minimum absolute atomic E-state index is 0.0497. The monoisotopic (exact) mass is 492 g/mol. The lowest BCUT2D eigenvalue weighted by Gasteiger charge is -2.32. The van der Waals surface area contributed by atoms with Crippen LogP contribution in [0.4, 0.5) is 0 Å². The molecule has 1 unspecified atom stereocenters. The molecule has 0 spiro atoms. The average molecular weight is 493 g/mol. The summed E-state index contributed by atoms with van der Waals surface area (Å²) in [6, 6.07) is 11.7. The minimum Gasteiger partial charge on any atom is -0.469 e. The molecule has 1 atom stereocenters. The largest absolute Gasteiger partial charge is 0.469 e. The highest BCUT2D eigenvalue weighted by Gasteiger charge is 2.34. The predicted octanol–water partition coefficient (Wildman–Crippen LogP) is 3.78. The highest BCUT2D eigenvalue weighted by molar-refractivity contribution is 7.89. The van der Waals surface area contributed by atoms with Crippen LogP contribution < -0.4 is 5.32 Å². The smallest absolute Gasteiger partial charge is 0.307 e. The molecule has 7 nitrogen and oxygen atoms in total. The van der Waals surface area contributed by atoms with Crippen LogP contribution in [-0.2, 0) is 24.3 Å². The van der Waals surface area contributed by atoms with Crippen molar-refractivity contribution in [2.75, 3.05) is 20.2 Å². The number of piperidine rings is 1. The van der Waals surface area contributed by atoms with Crippen LogP contribution in [-0.4, -0.2) is 44.8 Å². The lowest BCUT2D eigenvalue weighted by Crippen LogP contribution is -2.44. The standard InChI is InChI=1S/C24H29ClN2O5S/c1-16-8-9-22(17(2)14-16)33(30,31)27-12-10-18(11-13-27)24(29)26-21(15-23(28)32-3)19-6-4-5-7-20(19)25/h4-9,14,18,21H,10-13,15H2,1-3H3,(H,26,29). The molecule has 0 bridgehead atoms. The van der Waals surface area contributed by atoms with Crippen LogP contribution in [0.15, 0.2) is 47.4 Å². The number of methoxy groups -OCH3 is 1. The first-order valence-electron chi connectivity index (χ1n) is 10.8. The number of rotatable bonds is 7. The molecule has 1 fully saturated rings. The van der Waals surface area contributed by atoms with Gasteiger partial charge < -0.3 is 10.1 Å². The quantitative estimate of drug-likeness (QED) is 0.594. The van der Waals surface area contributed by atoms with E-state index in [1.165, 1.54) is 11.4 Å².